The maximum atomic E-state index is 12.9. The summed E-state index contributed by atoms with van der Waals surface area (Å²) in [6, 6.07) is 5.33. The number of rotatable bonds is 6. The largest absolute Gasteiger partial charge is 0.416 e. The molecule has 0 unspecified atom stereocenters. The van der Waals surface area contributed by atoms with Gasteiger partial charge in [0.05, 0.1) is 12.1 Å². The van der Waals surface area contributed by atoms with E-state index in [1.165, 1.54) is 6.07 Å². The van der Waals surface area contributed by atoms with Crippen molar-refractivity contribution in [1.29, 1.82) is 0 Å². The van der Waals surface area contributed by atoms with Gasteiger partial charge in [-0.2, -0.15) is 13.2 Å². The smallest absolute Gasteiger partial charge is 0.338 e. The van der Waals surface area contributed by atoms with Crippen LogP contribution in [-0.4, -0.2) is 33.1 Å². The van der Waals surface area contributed by atoms with E-state index in [0.29, 0.717) is 24.5 Å². The molecule has 0 radical (unpaired) electrons. The number of alkyl halides is 3. The molecule has 0 bridgehead atoms. The Hall–Kier alpha value is -2.51. The van der Waals surface area contributed by atoms with Gasteiger partial charge in [-0.1, -0.05) is 12.1 Å². The highest BCUT2D eigenvalue weighted by molar-refractivity contribution is 5.74. The summed E-state index contributed by atoms with van der Waals surface area (Å²) in [6.45, 7) is 3.01. The van der Waals surface area contributed by atoms with Gasteiger partial charge in [0, 0.05) is 31.5 Å². The SMILES string of the molecule is CCNC(=O)N(Cc1nccn1Cc1cccc(C(F)(F)F)c1)C1CC1. The summed E-state index contributed by atoms with van der Waals surface area (Å²) in [5.41, 5.74) is -0.131. The minimum Gasteiger partial charge on any atom is -0.338 e. The Morgan fingerprint density at radius 3 is 2.81 bits per heavy atom. The molecule has 1 aliphatic carbocycles. The first-order chi connectivity index (χ1) is 12.4. The zero-order valence-corrected chi connectivity index (χ0v) is 14.5. The van der Waals surface area contributed by atoms with Gasteiger partial charge in [-0.3, -0.25) is 0 Å². The third-order valence-corrected chi connectivity index (χ3v) is 4.30. The van der Waals surface area contributed by atoms with E-state index in [0.717, 1.165) is 25.0 Å². The zero-order chi connectivity index (χ0) is 18.7. The van der Waals surface area contributed by atoms with Gasteiger partial charge in [-0.05, 0) is 37.5 Å². The van der Waals surface area contributed by atoms with E-state index in [9.17, 15) is 18.0 Å². The average Bonchev–Trinajstić information content (AvgIpc) is 3.33. The molecule has 0 spiro atoms. The number of imidazole rings is 1. The van der Waals surface area contributed by atoms with E-state index in [4.69, 9.17) is 0 Å². The molecule has 0 atom stereocenters. The van der Waals surface area contributed by atoms with Crippen LogP contribution in [0.15, 0.2) is 36.7 Å². The Kier molecular flexibility index (Phi) is 5.20. The Morgan fingerprint density at radius 1 is 1.38 bits per heavy atom. The fourth-order valence-electron chi connectivity index (χ4n) is 2.84. The second-order valence-electron chi connectivity index (χ2n) is 6.36. The predicted molar refractivity (Wildman–Crippen MR) is 90.4 cm³/mol. The van der Waals surface area contributed by atoms with Crippen molar-refractivity contribution in [2.45, 2.75) is 45.1 Å². The van der Waals surface area contributed by atoms with Gasteiger partial charge in [-0.25, -0.2) is 9.78 Å². The van der Waals surface area contributed by atoms with Gasteiger partial charge in [0.2, 0.25) is 0 Å². The summed E-state index contributed by atoms with van der Waals surface area (Å²) in [6.07, 6.45) is 0.885. The lowest BCUT2D eigenvalue weighted by atomic mass is 10.1. The molecule has 1 aromatic carbocycles. The number of halogens is 3. The lowest BCUT2D eigenvalue weighted by Gasteiger charge is -2.22. The van der Waals surface area contributed by atoms with E-state index >= 15 is 0 Å². The molecule has 2 aromatic rings. The Balaban J connectivity index is 1.75. The summed E-state index contributed by atoms with van der Waals surface area (Å²) in [4.78, 5) is 18.3. The third-order valence-electron chi connectivity index (χ3n) is 4.30. The van der Waals surface area contributed by atoms with Gasteiger partial charge in [0.25, 0.3) is 0 Å². The first-order valence-electron chi connectivity index (χ1n) is 8.59. The zero-order valence-electron chi connectivity index (χ0n) is 14.5. The van der Waals surface area contributed by atoms with Gasteiger partial charge in [0.15, 0.2) is 0 Å². The van der Waals surface area contributed by atoms with Crippen molar-refractivity contribution in [3.05, 3.63) is 53.6 Å². The highest BCUT2D eigenvalue weighted by atomic mass is 19.4. The lowest BCUT2D eigenvalue weighted by molar-refractivity contribution is -0.137. The second kappa shape index (κ2) is 7.39. The molecule has 1 heterocycles. The standard InChI is InChI=1S/C18H21F3N4O/c1-2-22-17(26)25(15-6-7-15)12-16-23-8-9-24(16)11-13-4-3-5-14(10-13)18(19,20)21/h3-5,8-10,15H,2,6-7,11-12H2,1H3,(H,22,26). The number of nitrogens with one attached hydrogen (secondary N) is 1. The molecule has 1 saturated carbocycles. The summed E-state index contributed by atoms with van der Waals surface area (Å²) in [5.74, 6) is 0.653. The van der Waals surface area contributed by atoms with Crippen molar-refractivity contribution >= 4 is 6.03 Å². The highest BCUT2D eigenvalue weighted by Gasteiger charge is 2.33. The molecule has 0 saturated heterocycles. The topological polar surface area (TPSA) is 50.2 Å². The van der Waals surface area contributed by atoms with Crippen molar-refractivity contribution in [3.8, 4) is 0 Å². The first-order valence-corrected chi connectivity index (χ1v) is 8.59. The minimum absolute atomic E-state index is 0.136. The van der Waals surface area contributed by atoms with Crippen LogP contribution in [0.25, 0.3) is 0 Å². The molecule has 0 aliphatic heterocycles. The molecule has 140 valence electrons. The summed E-state index contributed by atoms with van der Waals surface area (Å²) in [5, 5.41) is 2.80. The van der Waals surface area contributed by atoms with Crippen LogP contribution in [0.4, 0.5) is 18.0 Å². The number of carbonyl (C=O) groups excluding carboxylic acids is 1. The molecule has 1 aliphatic rings. The number of nitrogens with zero attached hydrogens (tertiary/aromatic N) is 3. The molecular weight excluding hydrogens is 345 g/mol. The number of aromatic nitrogens is 2. The summed E-state index contributed by atoms with van der Waals surface area (Å²) < 4.78 is 40.4. The van der Waals surface area contributed by atoms with Crippen LogP contribution >= 0.6 is 0 Å². The van der Waals surface area contributed by atoms with Gasteiger partial charge in [0.1, 0.15) is 5.82 Å². The molecule has 1 fully saturated rings. The molecule has 26 heavy (non-hydrogen) atoms. The molecule has 1 aromatic heterocycles. The lowest BCUT2D eigenvalue weighted by Crippen LogP contribution is -2.41. The molecular formula is C18H21F3N4O. The van der Waals surface area contributed by atoms with Gasteiger partial charge in [-0.15, -0.1) is 0 Å². The molecule has 1 N–H and O–H groups in total. The van der Waals surface area contributed by atoms with Crippen LogP contribution in [0.5, 0.6) is 0 Å². The fraction of sp³-hybridized carbons (Fsp3) is 0.444. The number of urea groups is 1. The van der Waals surface area contributed by atoms with Crippen LogP contribution in [-0.2, 0) is 19.3 Å². The van der Waals surface area contributed by atoms with E-state index in [2.05, 4.69) is 10.3 Å². The number of hydrogen-bond acceptors (Lipinski definition) is 2. The summed E-state index contributed by atoms with van der Waals surface area (Å²) >= 11 is 0. The number of carbonyl (C=O) groups is 1. The third kappa shape index (κ3) is 4.36. The van der Waals surface area contributed by atoms with Gasteiger partial charge >= 0.3 is 12.2 Å². The predicted octanol–water partition coefficient (Wildman–Crippen LogP) is 3.64. The number of hydrogen-bond donors (Lipinski definition) is 1. The van der Waals surface area contributed by atoms with Crippen LogP contribution in [0.1, 0.15) is 36.7 Å². The van der Waals surface area contributed by atoms with Crippen LogP contribution in [0.2, 0.25) is 0 Å². The van der Waals surface area contributed by atoms with E-state index in [1.807, 2.05) is 6.92 Å². The molecule has 8 heteroatoms. The van der Waals surface area contributed by atoms with Crippen molar-refractivity contribution in [3.63, 3.8) is 0 Å². The Bertz CT molecular complexity index is 768. The Labute approximate surface area is 149 Å². The maximum absolute atomic E-state index is 12.9. The monoisotopic (exact) mass is 366 g/mol. The van der Waals surface area contributed by atoms with E-state index < -0.39 is 11.7 Å². The first kappa shape index (κ1) is 18.3. The quantitative estimate of drug-likeness (QED) is 0.849. The van der Waals surface area contributed by atoms with Crippen LogP contribution in [0, 0.1) is 0 Å². The number of amides is 2. The fourth-order valence-corrected chi connectivity index (χ4v) is 2.84. The molecule has 5 nitrogen and oxygen atoms in total. The Morgan fingerprint density at radius 2 is 2.15 bits per heavy atom. The van der Waals surface area contributed by atoms with Crippen molar-refractivity contribution in [1.82, 2.24) is 19.8 Å². The van der Waals surface area contributed by atoms with Crippen molar-refractivity contribution < 1.29 is 18.0 Å². The van der Waals surface area contributed by atoms with E-state index in [1.54, 1.807) is 27.9 Å². The second-order valence-corrected chi connectivity index (χ2v) is 6.36. The molecule has 2 amide bonds. The highest BCUT2D eigenvalue weighted by Crippen LogP contribution is 2.30. The minimum atomic E-state index is -4.37. The molecule has 3 rings (SSSR count). The van der Waals surface area contributed by atoms with Crippen molar-refractivity contribution in [2.75, 3.05) is 6.54 Å². The van der Waals surface area contributed by atoms with Crippen molar-refractivity contribution in [2.24, 2.45) is 0 Å². The van der Waals surface area contributed by atoms with E-state index in [-0.39, 0.29) is 18.6 Å². The van der Waals surface area contributed by atoms with Gasteiger partial charge < -0.3 is 14.8 Å². The normalized spacial score (nSPS) is 14.3. The average molecular weight is 366 g/mol. The van der Waals surface area contributed by atoms with Crippen LogP contribution < -0.4 is 5.32 Å². The van der Waals surface area contributed by atoms with Crippen LogP contribution in [0.3, 0.4) is 0 Å². The maximum Gasteiger partial charge on any atom is 0.416 e. The number of benzene rings is 1. The summed E-state index contributed by atoms with van der Waals surface area (Å²) in [7, 11) is 0.